The highest BCUT2D eigenvalue weighted by molar-refractivity contribution is 5.73. The summed E-state index contributed by atoms with van der Waals surface area (Å²) < 4.78 is 1.95. The Morgan fingerprint density at radius 2 is 2.44 bits per heavy atom. The van der Waals surface area contributed by atoms with Crippen molar-refractivity contribution in [3.63, 3.8) is 0 Å². The SMILES string of the molecule is CN(Cc1nccn1C)CC(NC1CC1)C(=O)O. The number of carbonyl (C=O) groups is 1. The number of aryl methyl sites for hydroxylation is 1. The van der Waals surface area contributed by atoms with Gasteiger partial charge in [0.25, 0.3) is 0 Å². The monoisotopic (exact) mass is 252 g/mol. The summed E-state index contributed by atoms with van der Waals surface area (Å²) in [6, 6.07) is -0.101. The summed E-state index contributed by atoms with van der Waals surface area (Å²) in [7, 11) is 3.85. The average Bonchev–Trinajstić information content (AvgIpc) is 3.03. The lowest BCUT2D eigenvalue weighted by molar-refractivity contribution is -0.140. The van der Waals surface area contributed by atoms with E-state index in [-0.39, 0.29) is 0 Å². The van der Waals surface area contributed by atoms with Crippen molar-refractivity contribution in [3.8, 4) is 0 Å². The number of nitrogens with zero attached hydrogens (tertiary/aromatic N) is 3. The van der Waals surface area contributed by atoms with Crippen molar-refractivity contribution in [1.82, 2.24) is 19.8 Å². The van der Waals surface area contributed by atoms with E-state index < -0.39 is 12.0 Å². The largest absolute Gasteiger partial charge is 0.480 e. The zero-order valence-corrected chi connectivity index (χ0v) is 10.8. The second kappa shape index (κ2) is 5.49. The Kier molecular flexibility index (Phi) is 3.98. The lowest BCUT2D eigenvalue weighted by Gasteiger charge is -2.21. The molecule has 0 aromatic carbocycles. The molecule has 1 fully saturated rings. The van der Waals surface area contributed by atoms with Gasteiger partial charge in [-0.1, -0.05) is 0 Å². The average molecular weight is 252 g/mol. The van der Waals surface area contributed by atoms with Crippen LogP contribution in [0, 0.1) is 0 Å². The van der Waals surface area contributed by atoms with Crippen LogP contribution in [0.3, 0.4) is 0 Å². The molecule has 0 amide bonds. The fraction of sp³-hybridized carbons (Fsp3) is 0.667. The first kappa shape index (κ1) is 13.0. The van der Waals surface area contributed by atoms with Crippen molar-refractivity contribution < 1.29 is 9.90 Å². The van der Waals surface area contributed by atoms with Crippen molar-refractivity contribution in [2.75, 3.05) is 13.6 Å². The number of likely N-dealkylation sites (N-methyl/N-ethyl adjacent to an activating group) is 1. The smallest absolute Gasteiger partial charge is 0.322 e. The minimum Gasteiger partial charge on any atom is -0.480 e. The second-order valence-corrected chi connectivity index (χ2v) is 4.98. The Morgan fingerprint density at radius 1 is 1.72 bits per heavy atom. The summed E-state index contributed by atoms with van der Waals surface area (Å²) >= 11 is 0. The molecule has 6 heteroatoms. The topological polar surface area (TPSA) is 70.4 Å². The number of hydrogen-bond donors (Lipinski definition) is 2. The number of aliphatic carboxylic acids is 1. The van der Waals surface area contributed by atoms with Crippen LogP contribution in [-0.4, -0.2) is 51.2 Å². The maximum atomic E-state index is 11.2. The molecular weight excluding hydrogens is 232 g/mol. The minimum atomic E-state index is -0.784. The van der Waals surface area contributed by atoms with Crippen molar-refractivity contribution >= 4 is 5.97 Å². The molecule has 0 radical (unpaired) electrons. The van der Waals surface area contributed by atoms with Gasteiger partial charge >= 0.3 is 5.97 Å². The van der Waals surface area contributed by atoms with E-state index in [9.17, 15) is 4.79 Å². The Labute approximate surface area is 107 Å². The molecule has 1 heterocycles. The Hall–Kier alpha value is -1.40. The van der Waals surface area contributed by atoms with Crippen LogP contribution in [0.25, 0.3) is 0 Å². The van der Waals surface area contributed by atoms with Gasteiger partial charge in [-0.2, -0.15) is 0 Å². The van der Waals surface area contributed by atoms with Crippen molar-refractivity contribution in [1.29, 1.82) is 0 Å². The quantitative estimate of drug-likeness (QED) is 0.718. The van der Waals surface area contributed by atoms with Gasteiger partial charge in [0.05, 0.1) is 6.54 Å². The predicted molar refractivity (Wildman–Crippen MR) is 67.1 cm³/mol. The molecule has 18 heavy (non-hydrogen) atoms. The van der Waals surface area contributed by atoms with Crippen LogP contribution in [-0.2, 0) is 18.4 Å². The van der Waals surface area contributed by atoms with Crippen LogP contribution in [0.4, 0.5) is 0 Å². The van der Waals surface area contributed by atoms with Gasteiger partial charge < -0.3 is 15.0 Å². The van der Waals surface area contributed by atoms with Crippen molar-refractivity contribution in [3.05, 3.63) is 18.2 Å². The van der Waals surface area contributed by atoms with E-state index in [4.69, 9.17) is 5.11 Å². The number of carboxylic acids is 1. The van der Waals surface area contributed by atoms with Crippen molar-refractivity contribution in [2.24, 2.45) is 7.05 Å². The summed E-state index contributed by atoms with van der Waals surface area (Å²) in [6.07, 6.45) is 5.82. The zero-order chi connectivity index (χ0) is 13.1. The minimum absolute atomic E-state index is 0.396. The normalized spacial score (nSPS) is 17.1. The molecule has 0 spiro atoms. The third-order valence-corrected chi connectivity index (χ3v) is 3.14. The van der Waals surface area contributed by atoms with E-state index in [1.807, 2.05) is 29.8 Å². The van der Waals surface area contributed by atoms with Crippen LogP contribution in [0.2, 0.25) is 0 Å². The molecule has 1 aliphatic rings. The van der Waals surface area contributed by atoms with Crippen LogP contribution in [0.5, 0.6) is 0 Å². The standard InChI is InChI=1S/C12H20N4O2/c1-15(8-11-13-5-6-16(11)2)7-10(12(17)18)14-9-3-4-9/h5-6,9-10,14H,3-4,7-8H2,1-2H3,(H,17,18). The molecule has 1 atom stereocenters. The van der Waals surface area contributed by atoms with E-state index in [0.29, 0.717) is 19.1 Å². The summed E-state index contributed by atoms with van der Waals surface area (Å²) in [5.41, 5.74) is 0. The van der Waals surface area contributed by atoms with E-state index in [1.54, 1.807) is 6.20 Å². The molecule has 2 N–H and O–H groups in total. The number of nitrogens with one attached hydrogen (secondary N) is 1. The summed E-state index contributed by atoms with van der Waals surface area (Å²) in [4.78, 5) is 17.4. The molecule has 0 bridgehead atoms. The third kappa shape index (κ3) is 3.54. The summed E-state index contributed by atoms with van der Waals surface area (Å²) in [5, 5.41) is 12.3. The van der Waals surface area contributed by atoms with E-state index in [1.165, 1.54) is 0 Å². The molecule has 1 aliphatic carbocycles. The molecule has 0 saturated heterocycles. The first-order valence-corrected chi connectivity index (χ1v) is 6.20. The number of imidazole rings is 1. The van der Waals surface area contributed by atoms with Gasteiger partial charge in [-0.3, -0.25) is 9.69 Å². The first-order chi connectivity index (χ1) is 8.56. The summed E-state index contributed by atoms with van der Waals surface area (Å²) in [6.45, 7) is 1.14. The molecular formula is C12H20N4O2. The van der Waals surface area contributed by atoms with Gasteiger partial charge in [0.15, 0.2) is 0 Å². The van der Waals surface area contributed by atoms with Crippen LogP contribution in [0.15, 0.2) is 12.4 Å². The molecule has 2 rings (SSSR count). The van der Waals surface area contributed by atoms with Gasteiger partial charge in [-0.25, -0.2) is 4.98 Å². The van der Waals surface area contributed by atoms with Gasteiger partial charge in [0.1, 0.15) is 11.9 Å². The number of carboxylic acid groups (broad SMARTS) is 1. The van der Waals surface area contributed by atoms with Gasteiger partial charge in [0, 0.05) is 32.0 Å². The van der Waals surface area contributed by atoms with Gasteiger partial charge in [-0.15, -0.1) is 0 Å². The fourth-order valence-electron chi connectivity index (χ4n) is 1.90. The molecule has 100 valence electrons. The number of hydrogen-bond acceptors (Lipinski definition) is 4. The third-order valence-electron chi connectivity index (χ3n) is 3.14. The van der Waals surface area contributed by atoms with Gasteiger partial charge in [0.2, 0.25) is 0 Å². The maximum absolute atomic E-state index is 11.2. The molecule has 1 aromatic heterocycles. The molecule has 1 saturated carbocycles. The van der Waals surface area contributed by atoms with E-state index in [0.717, 1.165) is 18.7 Å². The lowest BCUT2D eigenvalue weighted by atomic mass is 10.2. The van der Waals surface area contributed by atoms with E-state index >= 15 is 0 Å². The summed E-state index contributed by atoms with van der Waals surface area (Å²) in [5.74, 6) is 0.154. The van der Waals surface area contributed by atoms with Gasteiger partial charge in [-0.05, 0) is 19.9 Å². The van der Waals surface area contributed by atoms with Crippen LogP contribution in [0.1, 0.15) is 18.7 Å². The Bertz CT molecular complexity index is 414. The zero-order valence-electron chi connectivity index (χ0n) is 10.8. The molecule has 0 aliphatic heterocycles. The Morgan fingerprint density at radius 3 is 2.94 bits per heavy atom. The molecule has 1 aromatic rings. The number of aromatic nitrogens is 2. The van der Waals surface area contributed by atoms with Crippen LogP contribution < -0.4 is 5.32 Å². The molecule has 6 nitrogen and oxygen atoms in total. The second-order valence-electron chi connectivity index (χ2n) is 4.98. The number of rotatable bonds is 7. The molecule has 1 unspecified atom stereocenters. The van der Waals surface area contributed by atoms with Crippen molar-refractivity contribution in [2.45, 2.75) is 31.5 Å². The highest BCUT2D eigenvalue weighted by atomic mass is 16.4. The highest BCUT2D eigenvalue weighted by Gasteiger charge is 2.28. The van der Waals surface area contributed by atoms with Crippen LogP contribution >= 0.6 is 0 Å². The van der Waals surface area contributed by atoms with E-state index in [2.05, 4.69) is 10.3 Å². The first-order valence-electron chi connectivity index (χ1n) is 6.20. The predicted octanol–water partition coefficient (Wildman–Crippen LogP) is 0.0571. The Balaban J connectivity index is 1.85. The lowest BCUT2D eigenvalue weighted by Crippen LogP contribution is -2.46. The maximum Gasteiger partial charge on any atom is 0.322 e. The highest BCUT2D eigenvalue weighted by Crippen LogP contribution is 2.19. The fourth-order valence-corrected chi connectivity index (χ4v) is 1.90.